The number of nitrogens with zero attached hydrogens (tertiary/aromatic N) is 4. The summed E-state index contributed by atoms with van der Waals surface area (Å²) < 4.78 is 30.0. The highest BCUT2D eigenvalue weighted by Gasteiger charge is 2.26. The predicted molar refractivity (Wildman–Crippen MR) is 82.3 cm³/mol. The van der Waals surface area contributed by atoms with Crippen molar-refractivity contribution in [1.82, 2.24) is 19.6 Å². The molecule has 0 aliphatic heterocycles. The Labute approximate surface area is 131 Å². The van der Waals surface area contributed by atoms with E-state index < -0.39 is 11.6 Å². The Balaban J connectivity index is 2.01. The summed E-state index contributed by atoms with van der Waals surface area (Å²) in [4.78, 5) is 8.44. The molecule has 0 atom stereocenters. The molecular formula is C16H15F2N5. The van der Waals surface area contributed by atoms with Crippen LogP contribution in [0.1, 0.15) is 24.1 Å². The van der Waals surface area contributed by atoms with Gasteiger partial charge < -0.3 is 5.32 Å². The van der Waals surface area contributed by atoms with E-state index in [0.29, 0.717) is 28.9 Å². The average Bonchev–Trinajstić information content (AvgIpc) is 3.19. The Morgan fingerprint density at radius 1 is 1.17 bits per heavy atom. The van der Waals surface area contributed by atoms with Crippen molar-refractivity contribution < 1.29 is 8.78 Å². The van der Waals surface area contributed by atoms with E-state index in [-0.39, 0.29) is 11.1 Å². The smallest absolute Gasteiger partial charge is 0.254 e. The first-order chi connectivity index (χ1) is 11.0. The van der Waals surface area contributed by atoms with Gasteiger partial charge in [-0.05, 0) is 44.4 Å². The Hall–Kier alpha value is -2.57. The van der Waals surface area contributed by atoms with Gasteiger partial charge in [0.25, 0.3) is 5.78 Å². The third-order valence-corrected chi connectivity index (χ3v) is 4.04. The molecule has 23 heavy (non-hydrogen) atoms. The summed E-state index contributed by atoms with van der Waals surface area (Å²) in [5.41, 5.74) is 1.55. The highest BCUT2D eigenvalue weighted by atomic mass is 19.1. The number of hydrogen-bond donors (Lipinski definition) is 1. The first kappa shape index (κ1) is 14.0. The van der Waals surface area contributed by atoms with Crippen molar-refractivity contribution in [3.05, 3.63) is 41.4 Å². The fourth-order valence-corrected chi connectivity index (χ4v) is 2.67. The number of aromatic nitrogens is 4. The zero-order valence-electron chi connectivity index (χ0n) is 12.8. The Morgan fingerprint density at radius 3 is 2.70 bits per heavy atom. The maximum absolute atomic E-state index is 14.5. The average molecular weight is 315 g/mol. The molecule has 0 saturated heterocycles. The van der Waals surface area contributed by atoms with E-state index in [1.807, 2.05) is 0 Å². The van der Waals surface area contributed by atoms with Crippen molar-refractivity contribution >= 4 is 11.6 Å². The highest BCUT2D eigenvalue weighted by molar-refractivity contribution is 5.79. The Kier molecular flexibility index (Phi) is 3.04. The van der Waals surface area contributed by atoms with E-state index in [4.69, 9.17) is 0 Å². The fraction of sp³-hybridized carbons (Fsp3) is 0.312. The van der Waals surface area contributed by atoms with Crippen molar-refractivity contribution in [1.29, 1.82) is 0 Å². The van der Waals surface area contributed by atoms with Gasteiger partial charge in [-0.1, -0.05) is 0 Å². The number of anilines is 1. The molecule has 0 amide bonds. The standard InChI is InChI=1S/C16H15F2N5/c1-8-5-13(18)11(6-12(8)17)14-9(2)21-16-19-7-20-23(16)15(14)22-10-3-4-10/h5-7,10,22H,3-4H2,1-2H3. The molecule has 0 radical (unpaired) electrons. The molecule has 2 aromatic heterocycles. The number of halogens is 2. The monoisotopic (exact) mass is 315 g/mol. The minimum Gasteiger partial charge on any atom is -0.367 e. The number of aryl methyl sites for hydroxylation is 2. The van der Waals surface area contributed by atoms with E-state index in [1.54, 1.807) is 6.92 Å². The molecule has 0 unspecified atom stereocenters. The van der Waals surface area contributed by atoms with Crippen molar-refractivity contribution in [2.75, 3.05) is 5.32 Å². The molecule has 1 saturated carbocycles. The minimum absolute atomic E-state index is 0.179. The molecule has 118 valence electrons. The van der Waals surface area contributed by atoms with Crippen LogP contribution in [0.3, 0.4) is 0 Å². The largest absolute Gasteiger partial charge is 0.367 e. The second-order valence-electron chi connectivity index (χ2n) is 5.89. The van der Waals surface area contributed by atoms with Crippen LogP contribution in [0.15, 0.2) is 18.5 Å². The molecule has 0 bridgehead atoms. The van der Waals surface area contributed by atoms with E-state index >= 15 is 0 Å². The van der Waals surface area contributed by atoms with Crippen molar-refractivity contribution in [2.24, 2.45) is 0 Å². The topological polar surface area (TPSA) is 55.1 Å². The zero-order chi connectivity index (χ0) is 16.1. The molecule has 1 aliphatic carbocycles. The summed E-state index contributed by atoms with van der Waals surface area (Å²) in [6.45, 7) is 3.30. The molecular weight excluding hydrogens is 300 g/mol. The number of benzene rings is 1. The Morgan fingerprint density at radius 2 is 1.96 bits per heavy atom. The molecule has 1 fully saturated rings. The van der Waals surface area contributed by atoms with Crippen LogP contribution in [0, 0.1) is 25.5 Å². The second kappa shape index (κ2) is 4.97. The lowest BCUT2D eigenvalue weighted by molar-refractivity contribution is 0.595. The normalized spacial score (nSPS) is 14.4. The summed E-state index contributed by atoms with van der Waals surface area (Å²) in [6, 6.07) is 2.74. The van der Waals surface area contributed by atoms with Crippen LogP contribution in [0.2, 0.25) is 0 Å². The lowest BCUT2D eigenvalue weighted by Gasteiger charge is -2.16. The van der Waals surface area contributed by atoms with E-state index in [2.05, 4.69) is 20.4 Å². The molecule has 0 spiro atoms. The van der Waals surface area contributed by atoms with E-state index in [0.717, 1.165) is 12.8 Å². The molecule has 7 heteroatoms. The van der Waals surface area contributed by atoms with Crippen LogP contribution in [0.25, 0.3) is 16.9 Å². The van der Waals surface area contributed by atoms with Crippen LogP contribution in [0.5, 0.6) is 0 Å². The second-order valence-corrected chi connectivity index (χ2v) is 5.89. The van der Waals surface area contributed by atoms with Gasteiger partial charge in [0.05, 0.1) is 5.69 Å². The van der Waals surface area contributed by atoms with Crippen molar-refractivity contribution in [2.45, 2.75) is 32.7 Å². The van der Waals surface area contributed by atoms with Gasteiger partial charge in [0.15, 0.2) is 0 Å². The maximum atomic E-state index is 14.5. The molecule has 1 N–H and O–H groups in total. The SMILES string of the molecule is Cc1cc(F)c(-c2c(C)nc3ncnn3c2NC2CC2)cc1F. The summed E-state index contributed by atoms with van der Waals surface area (Å²) in [7, 11) is 0. The zero-order valence-corrected chi connectivity index (χ0v) is 12.8. The van der Waals surface area contributed by atoms with Crippen molar-refractivity contribution in [3.63, 3.8) is 0 Å². The first-order valence-corrected chi connectivity index (χ1v) is 7.47. The van der Waals surface area contributed by atoms with Crippen LogP contribution in [-0.2, 0) is 0 Å². The first-order valence-electron chi connectivity index (χ1n) is 7.47. The van der Waals surface area contributed by atoms with Gasteiger partial charge in [0.1, 0.15) is 23.8 Å². The van der Waals surface area contributed by atoms with E-state index in [1.165, 1.54) is 29.9 Å². The molecule has 4 rings (SSSR count). The quantitative estimate of drug-likeness (QED) is 0.806. The molecule has 2 heterocycles. The van der Waals surface area contributed by atoms with Crippen LogP contribution in [0.4, 0.5) is 14.6 Å². The lowest BCUT2D eigenvalue weighted by atomic mass is 10.0. The summed E-state index contributed by atoms with van der Waals surface area (Å²) in [5.74, 6) is 0.112. The minimum atomic E-state index is -0.480. The van der Waals surface area contributed by atoms with Gasteiger partial charge in [-0.3, -0.25) is 0 Å². The van der Waals surface area contributed by atoms with Gasteiger partial charge in [0, 0.05) is 17.2 Å². The molecule has 1 aliphatic rings. The third-order valence-electron chi connectivity index (χ3n) is 4.04. The van der Waals surface area contributed by atoms with Gasteiger partial charge in [-0.2, -0.15) is 14.6 Å². The van der Waals surface area contributed by atoms with Gasteiger partial charge >= 0.3 is 0 Å². The highest BCUT2D eigenvalue weighted by Crippen LogP contribution is 2.36. The number of hydrogen-bond acceptors (Lipinski definition) is 4. The van der Waals surface area contributed by atoms with Crippen LogP contribution in [-0.4, -0.2) is 25.6 Å². The van der Waals surface area contributed by atoms with Gasteiger partial charge in [0.2, 0.25) is 0 Å². The molecule has 5 nitrogen and oxygen atoms in total. The third kappa shape index (κ3) is 2.32. The summed E-state index contributed by atoms with van der Waals surface area (Å²) in [6.07, 6.45) is 3.49. The number of rotatable bonds is 3. The van der Waals surface area contributed by atoms with Gasteiger partial charge in [-0.15, -0.1) is 0 Å². The predicted octanol–water partition coefficient (Wildman–Crippen LogP) is 3.26. The van der Waals surface area contributed by atoms with Gasteiger partial charge in [-0.25, -0.2) is 13.8 Å². The number of nitrogens with one attached hydrogen (secondary N) is 1. The van der Waals surface area contributed by atoms with Crippen LogP contribution >= 0.6 is 0 Å². The van der Waals surface area contributed by atoms with Crippen LogP contribution < -0.4 is 5.32 Å². The fourth-order valence-electron chi connectivity index (χ4n) is 2.67. The molecule has 3 aromatic rings. The van der Waals surface area contributed by atoms with Crippen molar-refractivity contribution in [3.8, 4) is 11.1 Å². The number of fused-ring (bicyclic) bond motifs is 1. The van der Waals surface area contributed by atoms with E-state index in [9.17, 15) is 8.78 Å². The maximum Gasteiger partial charge on any atom is 0.254 e. The molecule has 1 aromatic carbocycles. The summed E-state index contributed by atoms with van der Waals surface area (Å²) in [5, 5.41) is 7.51. The summed E-state index contributed by atoms with van der Waals surface area (Å²) >= 11 is 0. The lowest BCUT2D eigenvalue weighted by Crippen LogP contribution is -2.12. The Bertz CT molecular complexity index is 914.